The van der Waals surface area contributed by atoms with Crippen LogP contribution < -0.4 is 4.90 Å². The molecule has 0 aliphatic heterocycles. The molecule has 7 heteroatoms. The fourth-order valence-corrected chi connectivity index (χ4v) is 3.56. The third kappa shape index (κ3) is 3.10. The molecule has 0 fully saturated rings. The van der Waals surface area contributed by atoms with Crippen LogP contribution in [0.3, 0.4) is 0 Å². The molecule has 0 unspecified atom stereocenters. The first kappa shape index (κ1) is 17.4. The quantitative estimate of drug-likeness (QED) is 0.538. The van der Waals surface area contributed by atoms with Gasteiger partial charge in [-0.3, -0.25) is 0 Å². The van der Waals surface area contributed by atoms with E-state index in [-0.39, 0.29) is 12.4 Å². The predicted octanol–water partition coefficient (Wildman–Crippen LogP) is 4.32. The second-order valence-electron chi connectivity index (χ2n) is 5.88. The van der Waals surface area contributed by atoms with Crippen LogP contribution in [-0.4, -0.2) is 33.9 Å². The van der Waals surface area contributed by atoms with Crippen LogP contribution in [-0.2, 0) is 0 Å². The fraction of sp³-hybridized carbons (Fsp3) is 0.167. The van der Waals surface area contributed by atoms with Gasteiger partial charge in [-0.2, -0.15) is 9.61 Å². The number of anilines is 1. The summed E-state index contributed by atoms with van der Waals surface area (Å²) in [7, 11) is 4.05. The van der Waals surface area contributed by atoms with Crippen molar-refractivity contribution in [1.29, 1.82) is 0 Å². The van der Waals surface area contributed by atoms with E-state index in [2.05, 4.69) is 58.4 Å². The van der Waals surface area contributed by atoms with Crippen LogP contribution in [0.4, 0.5) is 5.69 Å². The molecular weight excluding hydrogens is 354 g/mol. The second kappa shape index (κ2) is 6.82. The van der Waals surface area contributed by atoms with Gasteiger partial charge in [-0.15, -0.1) is 22.6 Å². The van der Waals surface area contributed by atoms with Gasteiger partial charge < -0.3 is 4.90 Å². The lowest BCUT2D eigenvalue weighted by atomic mass is 10.1. The van der Waals surface area contributed by atoms with Gasteiger partial charge in [0.1, 0.15) is 5.01 Å². The molecule has 4 aromatic rings. The highest BCUT2D eigenvalue weighted by molar-refractivity contribution is 7.19. The van der Waals surface area contributed by atoms with Crippen LogP contribution in [0.2, 0.25) is 0 Å². The molecular formula is C18H18ClN5S. The van der Waals surface area contributed by atoms with Gasteiger partial charge in [0.2, 0.25) is 4.96 Å². The fourth-order valence-electron chi connectivity index (χ4n) is 2.63. The molecule has 4 rings (SSSR count). The van der Waals surface area contributed by atoms with E-state index in [0.29, 0.717) is 0 Å². The molecule has 2 heterocycles. The van der Waals surface area contributed by atoms with Crippen molar-refractivity contribution in [2.24, 2.45) is 0 Å². The van der Waals surface area contributed by atoms with Crippen LogP contribution in [0.5, 0.6) is 0 Å². The number of hydrogen-bond acceptors (Lipinski definition) is 5. The second-order valence-corrected chi connectivity index (χ2v) is 6.84. The molecule has 0 atom stereocenters. The molecule has 0 aliphatic rings. The average Bonchev–Trinajstić information content (AvgIpc) is 3.16. The maximum Gasteiger partial charge on any atom is 0.235 e. The number of rotatable bonds is 3. The van der Waals surface area contributed by atoms with Crippen molar-refractivity contribution in [3.05, 3.63) is 54.1 Å². The summed E-state index contributed by atoms with van der Waals surface area (Å²) in [6.45, 7) is 2.10. The number of aryl methyl sites for hydroxylation is 1. The number of hydrogen-bond donors (Lipinski definition) is 0. The van der Waals surface area contributed by atoms with E-state index in [1.165, 1.54) is 5.56 Å². The predicted molar refractivity (Wildman–Crippen MR) is 106 cm³/mol. The number of benzene rings is 2. The van der Waals surface area contributed by atoms with E-state index in [4.69, 9.17) is 5.10 Å². The maximum absolute atomic E-state index is 4.74. The third-order valence-corrected chi connectivity index (χ3v) is 4.94. The van der Waals surface area contributed by atoms with Gasteiger partial charge in [0, 0.05) is 30.9 Å². The molecule has 0 amide bonds. The summed E-state index contributed by atoms with van der Waals surface area (Å²) in [5.41, 5.74) is 4.51. The molecule has 0 saturated carbocycles. The topological polar surface area (TPSA) is 46.3 Å². The minimum atomic E-state index is 0. The number of nitrogens with zero attached hydrogens (tertiary/aromatic N) is 5. The van der Waals surface area contributed by atoms with Crippen molar-refractivity contribution in [1.82, 2.24) is 19.8 Å². The van der Waals surface area contributed by atoms with Crippen molar-refractivity contribution < 1.29 is 0 Å². The smallest absolute Gasteiger partial charge is 0.235 e. The van der Waals surface area contributed by atoms with Crippen molar-refractivity contribution in [3.63, 3.8) is 0 Å². The van der Waals surface area contributed by atoms with E-state index in [1.807, 2.05) is 30.7 Å². The minimum absolute atomic E-state index is 0. The molecule has 0 N–H and O–H groups in total. The molecule has 0 aliphatic carbocycles. The van der Waals surface area contributed by atoms with Gasteiger partial charge >= 0.3 is 0 Å². The summed E-state index contributed by atoms with van der Waals surface area (Å²) >= 11 is 1.56. The Morgan fingerprint density at radius 2 is 1.68 bits per heavy atom. The van der Waals surface area contributed by atoms with Gasteiger partial charge in [-0.25, -0.2) is 0 Å². The van der Waals surface area contributed by atoms with E-state index in [9.17, 15) is 0 Å². The number of fused-ring (bicyclic) bond motifs is 1. The molecule has 0 radical (unpaired) electrons. The van der Waals surface area contributed by atoms with Crippen LogP contribution in [0.15, 0.2) is 48.5 Å². The summed E-state index contributed by atoms with van der Waals surface area (Å²) in [4.78, 5) is 2.88. The number of halogens is 1. The largest absolute Gasteiger partial charge is 0.378 e. The Bertz CT molecular complexity index is 1000. The van der Waals surface area contributed by atoms with E-state index in [0.717, 1.165) is 32.6 Å². The highest BCUT2D eigenvalue weighted by atomic mass is 35.5. The lowest BCUT2D eigenvalue weighted by Crippen LogP contribution is -2.08. The maximum atomic E-state index is 4.74. The van der Waals surface area contributed by atoms with Gasteiger partial charge in [-0.05, 0) is 36.8 Å². The third-order valence-electron chi connectivity index (χ3n) is 4.01. The van der Waals surface area contributed by atoms with Gasteiger partial charge in [-0.1, -0.05) is 35.6 Å². The lowest BCUT2D eigenvalue weighted by molar-refractivity contribution is 0.969. The van der Waals surface area contributed by atoms with Crippen LogP contribution >= 0.6 is 23.7 Å². The number of aromatic nitrogens is 4. The average molecular weight is 372 g/mol. The van der Waals surface area contributed by atoms with Crippen LogP contribution in [0.25, 0.3) is 26.9 Å². The van der Waals surface area contributed by atoms with Crippen molar-refractivity contribution in [3.8, 4) is 22.0 Å². The van der Waals surface area contributed by atoms with E-state index in [1.54, 1.807) is 11.3 Å². The zero-order valence-corrected chi connectivity index (χ0v) is 15.8. The summed E-state index contributed by atoms with van der Waals surface area (Å²) in [6.07, 6.45) is 0. The van der Waals surface area contributed by atoms with Gasteiger partial charge in [0.05, 0.1) is 0 Å². The zero-order chi connectivity index (χ0) is 16.7. The van der Waals surface area contributed by atoms with Crippen molar-refractivity contribution in [2.45, 2.75) is 6.92 Å². The molecule has 25 heavy (non-hydrogen) atoms. The van der Waals surface area contributed by atoms with Crippen molar-refractivity contribution >= 4 is 34.4 Å². The minimum Gasteiger partial charge on any atom is -0.378 e. The highest BCUT2D eigenvalue weighted by Gasteiger charge is 2.15. The normalized spacial score (nSPS) is 10.7. The summed E-state index contributed by atoms with van der Waals surface area (Å²) in [5.74, 6) is 0.770. The molecule has 2 aromatic heterocycles. The van der Waals surface area contributed by atoms with Gasteiger partial charge in [0.15, 0.2) is 5.82 Å². The molecule has 128 valence electrons. The Labute approximate surface area is 156 Å². The van der Waals surface area contributed by atoms with Crippen LogP contribution in [0, 0.1) is 6.92 Å². The van der Waals surface area contributed by atoms with Gasteiger partial charge in [0.25, 0.3) is 0 Å². The SMILES string of the molecule is Cc1ccccc1-c1nn2c(-c3ccc(N(C)C)cc3)nnc2s1.Cl. The first-order valence-corrected chi connectivity index (χ1v) is 8.51. The van der Waals surface area contributed by atoms with Crippen LogP contribution in [0.1, 0.15) is 5.56 Å². The van der Waals surface area contributed by atoms with Crippen molar-refractivity contribution in [2.75, 3.05) is 19.0 Å². The Kier molecular flexibility index (Phi) is 4.74. The lowest BCUT2D eigenvalue weighted by Gasteiger charge is -2.12. The molecule has 0 bridgehead atoms. The summed E-state index contributed by atoms with van der Waals surface area (Å²) < 4.78 is 1.83. The Morgan fingerprint density at radius 3 is 2.36 bits per heavy atom. The first-order chi connectivity index (χ1) is 11.6. The Balaban J connectivity index is 0.00000182. The standard InChI is InChI=1S/C18H17N5S.ClH/c1-12-6-4-5-7-15(12)17-21-23-16(19-20-18(23)24-17)13-8-10-14(11-9-13)22(2)3;/h4-11H,1-3H3;1H. The molecule has 0 saturated heterocycles. The molecule has 5 nitrogen and oxygen atoms in total. The monoisotopic (exact) mass is 371 g/mol. The van der Waals surface area contributed by atoms with E-state index >= 15 is 0 Å². The zero-order valence-electron chi connectivity index (χ0n) is 14.2. The summed E-state index contributed by atoms with van der Waals surface area (Å²) in [6, 6.07) is 16.5. The Hall–Kier alpha value is -2.44. The first-order valence-electron chi connectivity index (χ1n) is 7.69. The summed E-state index contributed by atoms with van der Waals surface area (Å²) in [5, 5.41) is 14.3. The highest BCUT2D eigenvalue weighted by Crippen LogP contribution is 2.30. The van der Waals surface area contributed by atoms with E-state index < -0.39 is 0 Å². The molecule has 0 spiro atoms. The Morgan fingerprint density at radius 1 is 0.960 bits per heavy atom. The molecule has 2 aromatic carbocycles.